The van der Waals surface area contributed by atoms with E-state index in [0.29, 0.717) is 5.82 Å². The number of hydrogen-bond donors (Lipinski definition) is 1. The number of halogens is 1. The fraction of sp³-hybridized carbons (Fsp3) is 0.167. The van der Waals surface area contributed by atoms with Gasteiger partial charge in [0.1, 0.15) is 11.9 Å². The molecule has 1 heterocycles. The third-order valence-electron chi connectivity index (χ3n) is 3.55. The molecule has 3 aromatic rings. The van der Waals surface area contributed by atoms with Gasteiger partial charge in [0, 0.05) is 5.56 Å². The van der Waals surface area contributed by atoms with E-state index in [1.807, 2.05) is 31.2 Å². The molecule has 1 atom stereocenters. The van der Waals surface area contributed by atoms with Crippen LogP contribution in [0.4, 0.5) is 4.39 Å². The Morgan fingerprint density at radius 1 is 1.21 bits per heavy atom. The van der Waals surface area contributed by atoms with Crippen molar-refractivity contribution in [3.05, 3.63) is 71.4 Å². The molecule has 1 aromatic heterocycles. The number of carbonyl (C=O) groups is 1. The van der Waals surface area contributed by atoms with Crippen LogP contribution in [-0.4, -0.2) is 16.0 Å². The van der Waals surface area contributed by atoms with Crippen LogP contribution in [0, 0.1) is 12.7 Å². The van der Waals surface area contributed by atoms with E-state index in [2.05, 4.69) is 15.5 Å². The van der Waals surface area contributed by atoms with E-state index < -0.39 is 17.8 Å². The number of amides is 1. The van der Waals surface area contributed by atoms with E-state index in [-0.39, 0.29) is 11.5 Å². The lowest BCUT2D eigenvalue weighted by Gasteiger charge is -2.10. The Labute approximate surface area is 138 Å². The minimum absolute atomic E-state index is 0.0252. The van der Waals surface area contributed by atoms with Crippen LogP contribution < -0.4 is 5.32 Å². The molecular weight excluding hydrogens is 309 g/mol. The molecule has 122 valence electrons. The number of benzene rings is 2. The molecule has 0 bridgehead atoms. The topological polar surface area (TPSA) is 68.0 Å². The van der Waals surface area contributed by atoms with Crippen LogP contribution in [0.15, 0.2) is 53.1 Å². The van der Waals surface area contributed by atoms with Crippen LogP contribution in [0.2, 0.25) is 0 Å². The van der Waals surface area contributed by atoms with Crippen molar-refractivity contribution < 1.29 is 13.7 Å². The largest absolute Gasteiger partial charge is 0.340 e. The van der Waals surface area contributed by atoms with E-state index in [0.717, 1.165) is 11.1 Å². The molecule has 0 saturated heterocycles. The molecule has 0 unspecified atom stereocenters. The van der Waals surface area contributed by atoms with Crippen LogP contribution in [0.25, 0.3) is 11.4 Å². The van der Waals surface area contributed by atoms with Gasteiger partial charge < -0.3 is 9.84 Å². The highest BCUT2D eigenvalue weighted by atomic mass is 19.1. The second-order valence-corrected chi connectivity index (χ2v) is 5.50. The molecule has 0 aliphatic heterocycles. The van der Waals surface area contributed by atoms with E-state index in [9.17, 15) is 9.18 Å². The molecule has 0 saturated carbocycles. The molecule has 0 spiro atoms. The Balaban J connectivity index is 1.75. The maximum absolute atomic E-state index is 13.6. The van der Waals surface area contributed by atoms with Crippen molar-refractivity contribution in [1.82, 2.24) is 15.5 Å². The summed E-state index contributed by atoms with van der Waals surface area (Å²) in [5.74, 6) is -0.402. The van der Waals surface area contributed by atoms with Crippen molar-refractivity contribution in [1.29, 1.82) is 0 Å². The molecule has 0 aliphatic carbocycles. The summed E-state index contributed by atoms with van der Waals surface area (Å²) in [6.45, 7) is 3.67. The third-order valence-corrected chi connectivity index (χ3v) is 3.55. The van der Waals surface area contributed by atoms with Gasteiger partial charge in [-0.05, 0) is 32.0 Å². The molecule has 0 aliphatic rings. The Morgan fingerprint density at radius 2 is 2.00 bits per heavy atom. The highest BCUT2D eigenvalue weighted by Gasteiger charge is 2.19. The first-order chi connectivity index (χ1) is 11.5. The third kappa shape index (κ3) is 3.32. The Kier molecular flexibility index (Phi) is 4.37. The number of rotatable bonds is 4. The summed E-state index contributed by atoms with van der Waals surface area (Å²) in [6, 6.07) is 13.0. The first-order valence-corrected chi connectivity index (χ1v) is 7.50. The normalized spacial score (nSPS) is 12.0. The maximum Gasteiger partial charge on any atom is 0.254 e. The zero-order valence-corrected chi connectivity index (χ0v) is 13.3. The van der Waals surface area contributed by atoms with Gasteiger partial charge in [0.2, 0.25) is 11.7 Å². The smallest absolute Gasteiger partial charge is 0.254 e. The predicted molar refractivity (Wildman–Crippen MR) is 86.8 cm³/mol. The zero-order valence-electron chi connectivity index (χ0n) is 13.3. The van der Waals surface area contributed by atoms with Crippen LogP contribution >= 0.6 is 0 Å². The Bertz CT molecular complexity index is 876. The first kappa shape index (κ1) is 15.9. The predicted octanol–water partition coefficient (Wildman–Crippen LogP) is 3.68. The molecule has 1 N–H and O–H groups in total. The van der Waals surface area contributed by atoms with Crippen molar-refractivity contribution in [3.63, 3.8) is 0 Å². The van der Waals surface area contributed by atoms with Crippen molar-refractivity contribution in [3.8, 4) is 11.4 Å². The van der Waals surface area contributed by atoms with Crippen molar-refractivity contribution >= 4 is 5.91 Å². The summed E-state index contributed by atoms with van der Waals surface area (Å²) in [7, 11) is 0. The summed E-state index contributed by atoms with van der Waals surface area (Å²) in [5, 5.41) is 6.59. The van der Waals surface area contributed by atoms with E-state index in [1.54, 1.807) is 13.0 Å². The summed E-state index contributed by atoms with van der Waals surface area (Å²) in [6.07, 6.45) is 0. The van der Waals surface area contributed by atoms with Gasteiger partial charge in [0.15, 0.2) is 0 Å². The molecule has 3 rings (SSSR count). The molecular formula is C18H16FN3O2. The second-order valence-electron chi connectivity index (χ2n) is 5.50. The van der Waals surface area contributed by atoms with Crippen molar-refractivity contribution in [2.45, 2.75) is 19.9 Å². The van der Waals surface area contributed by atoms with Gasteiger partial charge in [-0.3, -0.25) is 4.79 Å². The van der Waals surface area contributed by atoms with Crippen LogP contribution in [0.1, 0.15) is 34.8 Å². The number of carbonyl (C=O) groups excluding carboxylic acids is 1. The number of aromatic nitrogens is 2. The van der Waals surface area contributed by atoms with Crippen molar-refractivity contribution in [2.24, 2.45) is 0 Å². The quantitative estimate of drug-likeness (QED) is 0.794. The molecule has 0 fully saturated rings. The van der Waals surface area contributed by atoms with E-state index in [4.69, 9.17) is 4.52 Å². The molecule has 0 radical (unpaired) electrons. The van der Waals surface area contributed by atoms with Gasteiger partial charge >= 0.3 is 0 Å². The molecule has 1 amide bonds. The minimum Gasteiger partial charge on any atom is -0.340 e. The summed E-state index contributed by atoms with van der Waals surface area (Å²) < 4.78 is 18.9. The van der Waals surface area contributed by atoms with Gasteiger partial charge in [-0.2, -0.15) is 4.98 Å². The van der Waals surface area contributed by atoms with E-state index in [1.165, 1.54) is 18.2 Å². The number of nitrogens with one attached hydrogen (secondary N) is 1. The SMILES string of the molecule is Cc1cccc(-c2noc([C@H](C)NC(=O)c3ccccc3F)n2)c1. The number of nitrogens with zero attached hydrogens (tertiary/aromatic N) is 2. The average Bonchev–Trinajstić information content (AvgIpc) is 3.05. The number of aryl methyl sites for hydroxylation is 1. The van der Waals surface area contributed by atoms with Gasteiger partial charge in [-0.25, -0.2) is 4.39 Å². The molecule has 6 heteroatoms. The van der Waals surface area contributed by atoms with Gasteiger partial charge in [-0.1, -0.05) is 41.1 Å². The van der Waals surface area contributed by atoms with Crippen molar-refractivity contribution in [2.75, 3.05) is 0 Å². The molecule has 24 heavy (non-hydrogen) atoms. The Hall–Kier alpha value is -3.02. The van der Waals surface area contributed by atoms with Crippen LogP contribution in [0.5, 0.6) is 0 Å². The Morgan fingerprint density at radius 3 is 2.75 bits per heavy atom. The second kappa shape index (κ2) is 6.62. The van der Waals surface area contributed by atoms with Gasteiger partial charge in [0.25, 0.3) is 5.91 Å². The van der Waals surface area contributed by atoms with Gasteiger partial charge in [0.05, 0.1) is 5.56 Å². The summed E-state index contributed by atoms with van der Waals surface area (Å²) in [5.41, 5.74) is 1.89. The fourth-order valence-corrected chi connectivity index (χ4v) is 2.29. The highest BCUT2D eigenvalue weighted by molar-refractivity contribution is 5.94. The lowest BCUT2D eigenvalue weighted by molar-refractivity contribution is 0.0928. The lowest BCUT2D eigenvalue weighted by atomic mass is 10.1. The van der Waals surface area contributed by atoms with Gasteiger partial charge in [-0.15, -0.1) is 0 Å². The monoisotopic (exact) mass is 325 g/mol. The first-order valence-electron chi connectivity index (χ1n) is 7.50. The maximum atomic E-state index is 13.6. The summed E-state index contributed by atoms with van der Waals surface area (Å²) >= 11 is 0. The highest BCUT2D eigenvalue weighted by Crippen LogP contribution is 2.20. The fourth-order valence-electron chi connectivity index (χ4n) is 2.29. The minimum atomic E-state index is -0.576. The number of hydrogen-bond acceptors (Lipinski definition) is 4. The zero-order chi connectivity index (χ0) is 17.1. The van der Waals surface area contributed by atoms with Crippen LogP contribution in [-0.2, 0) is 0 Å². The molecule has 5 nitrogen and oxygen atoms in total. The summed E-state index contributed by atoms with van der Waals surface area (Å²) in [4.78, 5) is 16.4. The van der Waals surface area contributed by atoms with E-state index >= 15 is 0 Å². The standard InChI is InChI=1S/C18H16FN3O2/c1-11-6-5-7-13(10-11)16-21-18(24-22-16)12(2)20-17(23)14-8-3-4-9-15(14)19/h3-10,12H,1-2H3,(H,20,23)/t12-/m0/s1. The van der Waals surface area contributed by atoms with Crippen LogP contribution in [0.3, 0.4) is 0 Å². The lowest BCUT2D eigenvalue weighted by Crippen LogP contribution is -2.27. The molecule has 2 aromatic carbocycles. The average molecular weight is 325 g/mol.